The van der Waals surface area contributed by atoms with Crippen LogP contribution in [0.1, 0.15) is 19.4 Å². The molecule has 0 saturated carbocycles. The van der Waals surface area contributed by atoms with E-state index in [4.69, 9.17) is 9.84 Å². The SMILES string of the molecule is CCOc1ccccc1C[C@@H](C)C(=O)O. The summed E-state index contributed by atoms with van der Waals surface area (Å²) >= 11 is 0. The van der Waals surface area contributed by atoms with Gasteiger partial charge in [0.05, 0.1) is 12.5 Å². The molecule has 0 unspecified atom stereocenters. The molecule has 1 aromatic rings. The first-order valence-corrected chi connectivity index (χ1v) is 5.08. The van der Waals surface area contributed by atoms with Crippen molar-refractivity contribution >= 4 is 5.97 Å². The maximum atomic E-state index is 10.7. The molecule has 1 aromatic carbocycles. The maximum absolute atomic E-state index is 10.7. The van der Waals surface area contributed by atoms with Gasteiger partial charge in [0, 0.05) is 0 Å². The lowest BCUT2D eigenvalue weighted by Gasteiger charge is -2.11. The van der Waals surface area contributed by atoms with E-state index in [-0.39, 0.29) is 5.92 Å². The molecule has 0 aromatic heterocycles. The fourth-order valence-electron chi connectivity index (χ4n) is 1.39. The van der Waals surface area contributed by atoms with Crippen LogP contribution in [0.15, 0.2) is 24.3 Å². The summed E-state index contributed by atoms with van der Waals surface area (Å²) in [7, 11) is 0. The Morgan fingerprint density at radius 2 is 2.13 bits per heavy atom. The van der Waals surface area contributed by atoms with Gasteiger partial charge < -0.3 is 9.84 Å². The molecule has 15 heavy (non-hydrogen) atoms. The van der Waals surface area contributed by atoms with Gasteiger partial charge in [-0.2, -0.15) is 0 Å². The highest BCUT2D eigenvalue weighted by Gasteiger charge is 2.13. The lowest BCUT2D eigenvalue weighted by molar-refractivity contribution is -0.141. The summed E-state index contributed by atoms with van der Waals surface area (Å²) in [5.41, 5.74) is 0.953. The van der Waals surface area contributed by atoms with Crippen LogP contribution in [0.5, 0.6) is 5.75 Å². The molecular weight excluding hydrogens is 192 g/mol. The number of carboxylic acid groups (broad SMARTS) is 1. The van der Waals surface area contributed by atoms with Gasteiger partial charge in [-0.25, -0.2) is 0 Å². The number of carboxylic acids is 1. The van der Waals surface area contributed by atoms with E-state index in [2.05, 4.69) is 0 Å². The second-order valence-electron chi connectivity index (χ2n) is 3.48. The molecule has 0 radical (unpaired) electrons. The van der Waals surface area contributed by atoms with E-state index in [1.807, 2.05) is 31.2 Å². The summed E-state index contributed by atoms with van der Waals surface area (Å²) in [6, 6.07) is 7.56. The molecule has 0 aliphatic heterocycles. The fraction of sp³-hybridized carbons (Fsp3) is 0.417. The predicted octanol–water partition coefficient (Wildman–Crippen LogP) is 2.35. The standard InChI is InChI=1S/C12H16O3/c1-3-15-11-7-5-4-6-10(11)8-9(2)12(13)14/h4-7,9H,3,8H2,1-2H3,(H,13,14)/t9-/m1/s1. The molecule has 0 heterocycles. The molecule has 0 spiro atoms. The second kappa shape index (κ2) is 5.39. The van der Waals surface area contributed by atoms with Gasteiger partial charge in [-0.1, -0.05) is 25.1 Å². The van der Waals surface area contributed by atoms with Crippen LogP contribution in [0.2, 0.25) is 0 Å². The van der Waals surface area contributed by atoms with E-state index >= 15 is 0 Å². The van der Waals surface area contributed by atoms with Crippen LogP contribution >= 0.6 is 0 Å². The van der Waals surface area contributed by atoms with Crippen LogP contribution in [0.25, 0.3) is 0 Å². The van der Waals surface area contributed by atoms with Crippen LogP contribution in [-0.4, -0.2) is 17.7 Å². The average Bonchev–Trinajstić information content (AvgIpc) is 2.21. The van der Waals surface area contributed by atoms with Gasteiger partial charge in [0.2, 0.25) is 0 Å². The summed E-state index contributed by atoms with van der Waals surface area (Å²) in [6.07, 6.45) is 0.505. The van der Waals surface area contributed by atoms with Gasteiger partial charge in [0.1, 0.15) is 5.75 Å². The molecule has 0 aliphatic rings. The smallest absolute Gasteiger partial charge is 0.306 e. The highest BCUT2D eigenvalue weighted by atomic mass is 16.5. The van der Waals surface area contributed by atoms with Crippen molar-refractivity contribution in [1.29, 1.82) is 0 Å². The van der Waals surface area contributed by atoms with Crippen LogP contribution in [0, 0.1) is 5.92 Å². The van der Waals surface area contributed by atoms with Gasteiger partial charge in [-0.3, -0.25) is 4.79 Å². The van der Waals surface area contributed by atoms with Crippen molar-refractivity contribution < 1.29 is 14.6 Å². The zero-order valence-electron chi connectivity index (χ0n) is 9.06. The van der Waals surface area contributed by atoms with E-state index in [0.29, 0.717) is 13.0 Å². The number of aliphatic carboxylic acids is 1. The number of ether oxygens (including phenoxy) is 1. The average molecular weight is 208 g/mol. The number of para-hydroxylation sites is 1. The van der Waals surface area contributed by atoms with Crippen molar-refractivity contribution in [3.05, 3.63) is 29.8 Å². The summed E-state index contributed by atoms with van der Waals surface area (Å²) in [5, 5.41) is 8.82. The molecule has 0 fully saturated rings. The number of carbonyl (C=O) groups is 1. The van der Waals surface area contributed by atoms with Crippen LogP contribution in [0.3, 0.4) is 0 Å². The van der Waals surface area contributed by atoms with E-state index in [1.165, 1.54) is 0 Å². The second-order valence-corrected chi connectivity index (χ2v) is 3.48. The highest BCUT2D eigenvalue weighted by Crippen LogP contribution is 2.21. The molecule has 1 atom stereocenters. The zero-order chi connectivity index (χ0) is 11.3. The van der Waals surface area contributed by atoms with Gasteiger partial charge >= 0.3 is 5.97 Å². The number of hydrogen-bond donors (Lipinski definition) is 1. The van der Waals surface area contributed by atoms with Crippen molar-refractivity contribution in [2.24, 2.45) is 5.92 Å². The number of rotatable bonds is 5. The first kappa shape index (κ1) is 11.6. The lowest BCUT2D eigenvalue weighted by Crippen LogP contribution is -2.13. The number of benzene rings is 1. The van der Waals surface area contributed by atoms with Crippen LogP contribution in [0.4, 0.5) is 0 Å². The van der Waals surface area contributed by atoms with Crippen molar-refractivity contribution in [1.82, 2.24) is 0 Å². The quantitative estimate of drug-likeness (QED) is 0.807. The van der Waals surface area contributed by atoms with E-state index < -0.39 is 5.97 Å². The fourth-order valence-corrected chi connectivity index (χ4v) is 1.39. The molecule has 0 amide bonds. The van der Waals surface area contributed by atoms with Crippen LogP contribution in [-0.2, 0) is 11.2 Å². The lowest BCUT2D eigenvalue weighted by atomic mass is 10.0. The highest BCUT2D eigenvalue weighted by molar-refractivity contribution is 5.70. The molecular formula is C12H16O3. The monoisotopic (exact) mass is 208 g/mol. The Kier molecular flexibility index (Phi) is 4.16. The zero-order valence-corrected chi connectivity index (χ0v) is 9.06. The van der Waals surface area contributed by atoms with Gasteiger partial charge in [-0.05, 0) is 25.0 Å². The Hall–Kier alpha value is -1.51. The first-order chi connectivity index (χ1) is 7.15. The van der Waals surface area contributed by atoms with Gasteiger partial charge in [-0.15, -0.1) is 0 Å². The van der Waals surface area contributed by atoms with E-state index in [1.54, 1.807) is 6.92 Å². The minimum atomic E-state index is -0.777. The molecule has 3 heteroatoms. The summed E-state index contributed by atoms with van der Waals surface area (Å²) in [6.45, 7) is 4.21. The Morgan fingerprint density at radius 1 is 1.47 bits per heavy atom. The predicted molar refractivity (Wildman–Crippen MR) is 58.1 cm³/mol. The summed E-state index contributed by atoms with van der Waals surface area (Å²) < 4.78 is 5.42. The molecule has 1 rings (SSSR count). The maximum Gasteiger partial charge on any atom is 0.306 e. The normalized spacial score (nSPS) is 12.1. The van der Waals surface area contributed by atoms with E-state index in [0.717, 1.165) is 11.3 Å². The Bertz CT molecular complexity index is 333. The third-order valence-corrected chi connectivity index (χ3v) is 2.22. The third-order valence-electron chi connectivity index (χ3n) is 2.22. The molecule has 82 valence electrons. The topological polar surface area (TPSA) is 46.5 Å². The molecule has 0 saturated heterocycles. The molecule has 0 bridgehead atoms. The minimum Gasteiger partial charge on any atom is -0.494 e. The molecule has 1 N–H and O–H groups in total. The van der Waals surface area contributed by atoms with Crippen LogP contribution < -0.4 is 4.74 Å². The third kappa shape index (κ3) is 3.27. The van der Waals surface area contributed by atoms with E-state index in [9.17, 15) is 4.79 Å². The Labute approximate surface area is 89.7 Å². The van der Waals surface area contributed by atoms with Crippen molar-refractivity contribution in [3.63, 3.8) is 0 Å². The Balaban J connectivity index is 2.79. The summed E-state index contributed by atoms with van der Waals surface area (Å²) in [4.78, 5) is 10.7. The minimum absolute atomic E-state index is 0.383. The van der Waals surface area contributed by atoms with Crippen molar-refractivity contribution in [3.8, 4) is 5.75 Å². The summed E-state index contributed by atoms with van der Waals surface area (Å²) in [5.74, 6) is -0.374. The first-order valence-electron chi connectivity index (χ1n) is 5.08. The number of hydrogen-bond acceptors (Lipinski definition) is 2. The van der Waals surface area contributed by atoms with Crippen molar-refractivity contribution in [2.75, 3.05) is 6.61 Å². The largest absolute Gasteiger partial charge is 0.494 e. The van der Waals surface area contributed by atoms with Gasteiger partial charge in [0.25, 0.3) is 0 Å². The van der Waals surface area contributed by atoms with Crippen molar-refractivity contribution in [2.45, 2.75) is 20.3 Å². The Morgan fingerprint density at radius 3 is 2.73 bits per heavy atom. The molecule has 0 aliphatic carbocycles. The molecule has 3 nitrogen and oxygen atoms in total. The van der Waals surface area contributed by atoms with Gasteiger partial charge in [0.15, 0.2) is 0 Å².